The average molecular weight is 420 g/mol. The van der Waals surface area contributed by atoms with E-state index in [4.69, 9.17) is 4.74 Å². The van der Waals surface area contributed by atoms with E-state index in [0.717, 1.165) is 0 Å². The van der Waals surface area contributed by atoms with Crippen LogP contribution < -0.4 is 0 Å². The molecule has 3 fully saturated rings. The number of carbonyl (C=O) groups is 4. The Morgan fingerprint density at radius 1 is 1.27 bits per heavy atom. The number of fused-ring (bicyclic) bond motifs is 5. The summed E-state index contributed by atoms with van der Waals surface area (Å²) in [6, 6.07) is 0. The Hall–Kier alpha value is -1.89. The lowest BCUT2D eigenvalue weighted by Crippen LogP contribution is -2.62. The van der Waals surface area contributed by atoms with Gasteiger partial charge in [-0.05, 0) is 49.2 Å². The number of esters is 1. The zero-order valence-electron chi connectivity index (χ0n) is 17.7. The molecule has 0 amide bonds. The molecular weight excluding hydrogens is 391 g/mol. The number of halogens is 1. The molecule has 0 spiro atoms. The Labute approximate surface area is 175 Å². The third-order valence-electron chi connectivity index (χ3n) is 8.65. The van der Waals surface area contributed by atoms with Crippen LogP contribution in [0.4, 0.5) is 4.39 Å². The zero-order chi connectivity index (χ0) is 22.1. The van der Waals surface area contributed by atoms with Gasteiger partial charge in [-0.25, -0.2) is 4.39 Å². The Bertz CT molecular complexity index is 864. The predicted octanol–water partition coefficient (Wildman–Crippen LogP) is 2.51. The van der Waals surface area contributed by atoms with E-state index in [-0.39, 0.29) is 42.7 Å². The molecule has 3 saturated carbocycles. The molecule has 0 aliphatic heterocycles. The smallest absolute Gasteiger partial charge is 0.303 e. The number of allylic oxidation sites excluding steroid dienone is 1. The number of carbonyl (C=O) groups excluding carboxylic acids is 4. The molecule has 30 heavy (non-hydrogen) atoms. The minimum atomic E-state index is -1.78. The third-order valence-corrected chi connectivity index (χ3v) is 8.65. The van der Waals surface area contributed by atoms with Crippen LogP contribution in [0.5, 0.6) is 0 Å². The van der Waals surface area contributed by atoms with Gasteiger partial charge < -0.3 is 9.84 Å². The van der Waals surface area contributed by atoms with Crippen LogP contribution in [0.1, 0.15) is 59.3 Å². The van der Waals surface area contributed by atoms with Crippen LogP contribution in [0.2, 0.25) is 0 Å². The van der Waals surface area contributed by atoms with Gasteiger partial charge in [0.15, 0.2) is 12.4 Å². The Morgan fingerprint density at radius 2 is 1.97 bits per heavy atom. The first kappa shape index (κ1) is 21.3. The number of hydrogen-bond acceptors (Lipinski definition) is 6. The van der Waals surface area contributed by atoms with Gasteiger partial charge in [0.2, 0.25) is 5.78 Å². The molecule has 6 nitrogen and oxygen atoms in total. The number of ketones is 3. The second-order valence-corrected chi connectivity index (χ2v) is 10.1. The van der Waals surface area contributed by atoms with Gasteiger partial charge in [0.05, 0.1) is 0 Å². The molecule has 0 radical (unpaired) electrons. The summed E-state index contributed by atoms with van der Waals surface area (Å²) in [6.45, 7) is 4.29. The van der Waals surface area contributed by atoms with Crippen molar-refractivity contribution in [2.75, 3.05) is 6.61 Å². The van der Waals surface area contributed by atoms with Gasteiger partial charge in [-0.2, -0.15) is 0 Å². The van der Waals surface area contributed by atoms with Crippen molar-refractivity contribution in [3.63, 3.8) is 0 Å². The first-order chi connectivity index (χ1) is 13.9. The number of hydrogen-bond donors (Lipinski definition) is 1. The van der Waals surface area contributed by atoms with Crippen molar-refractivity contribution in [3.8, 4) is 0 Å². The fourth-order valence-electron chi connectivity index (χ4n) is 7.14. The first-order valence-corrected chi connectivity index (χ1v) is 10.7. The van der Waals surface area contributed by atoms with Crippen LogP contribution in [0, 0.1) is 28.6 Å². The zero-order valence-corrected chi connectivity index (χ0v) is 17.7. The molecule has 0 aromatic rings. The maximum Gasteiger partial charge on any atom is 0.303 e. The summed E-state index contributed by atoms with van der Waals surface area (Å²) in [5.74, 6) is -2.28. The highest BCUT2D eigenvalue weighted by Gasteiger charge is 2.69. The molecule has 4 aliphatic rings. The van der Waals surface area contributed by atoms with Gasteiger partial charge in [0.25, 0.3) is 0 Å². The summed E-state index contributed by atoms with van der Waals surface area (Å²) in [5, 5.41) is 11.4. The van der Waals surface area contributed by atoms with E-state index in [2.05, 4.69) is 0 Å². The Kier molecular flexibility index (Phi) is 4.84. The lowest BCUT2D eigenvalue weighted by molar-refractivity contribution is -0.174. The summed E-state index contributed by atoms with van der Waals surface area (Å²) in [7, 11) is 0. The lowest BCUT2D eigenvalue weighted by Gasteiger charge is -2.58. The number of rotatable bonds is 3. The van der Waals surface area contributed by atoms with Gasteiger partial charge in [-0.15, -0.1) is 0 Å². The molecule has 0 saturated heterocycles. The minimum absolute atomic E-state index is 0.0227. The Balaban J connectivity index is 1.70. The second kappa shape index (κ2) is 6.81. The van der Waals surface area contributed by atoms with E-state index in [1.54, 1.807) is 6.92 Å². The summed E-state index contributed by atoms with van der Waals surface area (Å²) in [6.07, 6.45) is 1.67. The van der Waals surface area contributed by atoms with Crippen molar-refractivity contribution in [2.45, 2.75) is 71.1 Å². The van der Waals surface area contributed by atoms with Crippen molar-refractivity contribution in [3.05, 3.63) is 11.6 Å². The molecule has 0 aromatic carbocycles. The van der Waals surface area contributed by atoms with Crippen LogP contribution in [0.3, 0.4) is 0 Å². The fourth-order valence-corrected chi connectivity index (χ4v) is 7.14. The average Bonchev–Trinajstić information content (AvgIpc) is 2.93. The predicted molar refractivity (Wildman–Crippen MR) is 104 cm³/mol. The molecule has 4 aliphatic carbocycles. The monoisotopic (exact) mass is 420 g/mol. The molecule has 1 N–H and O–H groups in total. The van der Waals surface area contributed by atoms with Crippen molar-refractivity contribution in [1.82, 2.24) is 0 Å². The number of aliphatic hydroxyl groups is 1. The molecule has 164 valence electrons. The van der Waals surface area contributed by atoms with E-state index in [0.29, 0.717) is 24.8 Å². The molecule has 0 aromatic heterocycles. The maximum atomic E-state index is 15.3. The topological polar surface area (TPSA) is 97.7 Å². The third kappa shape index (κ3) is 2.77. The van der Waals surface area contributed by atoms with Gasteiger partial charge in [0.1, 0.15) is 17.6 Å². The first-order valence-electron chi connectivity index (χ1n) is 10.7. The van der Waals surface area contributed by atoms with E-state index >= 15 is 4.39 Å². The van der Waals surface area contributed by atoms with Crippen LogP contribution >= 0.6 is 0 Å². The summed E-state index contributed by atoms with van der Waals surface area (Å²) in [4.78, 5) is 49.3. The van der Waals surface area contributed by atoms with E-state index < -0.39 is 46.9 Å². The van der Waals surface area contributed by atoms with Gasteiger partial charge in [0, 0.05) is 36.5 Å². The summed E-state index contributed by atoms with van der Waals surface area (Å²) >= 11 is 0. The highest BCUT2D eigenvalue weighted by atomic mass is 19.1. The molecular formula is C23H29FO6. The maximum absolute atomic E-state index is 15.3. The fraction of sp³-hybridized carbons (Fsp3) is 0.739. The van der Waals surface area contributed by atoms with Crippen molar-refractivity contribution >= 4 is 23.3 Å². The van der Waals surface area contributed by atoms with Gasteiger partial charge in [-0.3, -0.25) is 19.2 Å². The largest absolute Gasteiger partial charge is 0.458 e. The quantitative estimate of drug-likeness (QED) is 0.705. The molecule has 0 unspecified atom stereocenters. The SMILES string of the molecule is CC(=O)OCC(=O)[C@]1(O)CC[C@H]2[C@@H]3C[C@H](F)C4=CC(=O)CC[C@]4(C)[C@H]3C(=O)C[C@@]21C. The van der Waals surface area contributed by atoms with Crippen LogP contribution in [-0.2, 0) is 23.9 Å². The number of ether oxygens (including phenoxy) is 1. The lowest BCUT2D eigenvalue weighted by atomic mass is 9.45. The molecule has 0 bridgehead atoms. The number of alkyl halides is 1. The van der Waals surface area contributed by atoms with E-state index in [9.17, 15) is 24.3 Å². The minimum Gasteiger partial charge on any atom is -0.458 e. The highest BCUT2D eigenvalue weighted by Crippen LogP contribution is 2.66. The Morgan fingerprint density at radius 3 is 2.63 bits per heavy atom. The molecule has 4 rings (SSSR count). The van der Waals surface area contributed by atoms with Crippen molar-refractivity contribution < 1.29 is 33.4 Å². The van der Waals surface area contributed by atoms with Crippen LogP contribution in [0.25, 0.3) is 0 Å². The second-order valence-electron chi connectivity index (χ2n) is 10.1. The van der Waals surface area contributed by atoms with Gasteiger partial charge >= 0.3 is 5.97 Å². The van der Waals surface area contributed by atoms with Crippen molar-refractivity contribution in [1.29, 1.82) is 0 Å². The normalized spacial score (nSPS) is 45.2. The van der Waals surface area contributed by atoms with E-state index in [1.165, 1.54) is 13.0 Å². The van der Waals surface area contributed by atoms with E-state index in [1.807, 2.05) is 6.92 Å². The van der Waals surface area contributed by atoms with Crippen LogP contribution in [-0.4, -0.2) is 46.8 Å². The van der Waals surface area contributed by atoms with Gasteiger partial charge in [-0.1, -0.05) is 13.8 Å². The van der Waals surface area contributed by atoms with Crippen LogP contribution in [0.15, 0.2) is 11.6 Å². The number of Topliss-reactive ketones (excluding diaryl/α,β-unsaturated/α-hetero) is 2. The standard InChI is InChI=1S/C23H29FO6/c1-12(25)30-11-19(28)23(29)7-5-15-14-9-17(24)16-8-13(26)4-6-21(16,2)20(14)18(27)10-22(15,23)3/h8,14-15,17,20,29H,4-7,9-11H2,1-3H3/t14-,15-,17-,20+,21-,22-,23+/m0/s1. The molecule has 0 heterocycles. The summed E-state index contributed by atoms with van der Waals surface area (Å²) in [5.41, 5.74) is -3.06. The molecule has 7 heteroatoms. The van der Waals surface area contributed by atoms with Crippen molar-refractivity contribution in [2.24, 2.45) is 28.6 Å². The molecule has 7 atom stereocenters. The highest BCUT2D eigenvalue weighted by molar-refractivity contribution is 5.95. The summed E-state index contributed by atoms with van der Waals surface area (Å²) < 4.78 is 20.1.